The van der Waals surface area contributed by atoms with Crippen LogP contribution in [0.25, 0.3) is 11.3 Å². The summed E-state index contributed by atoms with van der Waals surface area (Å²) in [6, 6.07) is 3.99. The number of rotatable bonds is 1. The van der Waals surface area contributed by atoms with Crippen molar-refractivity contribution in [1.82, 2.24) is 14.5 Å². The van der Waals surface area contributed by atoms with E-state index in [9.17, 15) is 0 Å². The van der Waals surface area contributed by atoms with Gasteiger partial charge in [0.1, 0.15) is 0 Å². The maximum absolute atomic E-state index is 4.63. The predicted octanol–water partition coefficient (Wildman–Crippen LogP) is 2.07. The summed E-state index contributed by atoms with van der Waals surface area (Å²) in [7, 11) is 0. The lowest BCUT2D eigenvalue weighted by Crippen LogP contribution is -2.17. The van der Waals surface area contributed by atoms with E-state index in [0.717, 1.165) is 36.7 Å². The van der Waals surface area contributed by atoms with Gasteiger partial charge < -0.3 is 9.88 Å². The number of hydrogen-bond donors (Lipinski definition) is 1. The van der Waals surface area contributed by atoms with E-state index in [0.29, 0.717) is 0 Å². The van der Waals surface area contributed by atoms with E-state index in [4.69, 9.17) is 0 Å². The van der Waals surface area contributed by atoms with E-state index in [2.05, 4.69) is 26.8 Å². The van der Waals surface area contributed by atoms with Crippen molar-refractivity contribution in [3.63, 3.8) is 0 Å². The van der Waals surface area contributed by atoms with Crippen LogP contribution >= 0.6 is 0 Å². The molecule has 16 heavy (non-hydrogen) atoms. The zero-order valence-corrected chi connectivity index (χ0v) is 9.27. The Morgan fingerprint density at radius 3 is 3.12 bits per heavy atom. The van der Waals surface area contributed by atoms with Crippen LogP contribution in [-0.2, 0) is 6.54 Å². The third kappa shape index (κ3) is 1.38. The number of nitrogens with zero attached hydrogens (tertiary/aromatic N) is 3. The van der Waals surface area contributed by atoms with Crippen LogP contribution in [0.2, 0.25) is 0 Å². The Hall–Kier alpha value is -1.84. The first-order chi connectivity index (χ1) is 7.86. The van der Waals surface area contributed by atoms with Gasteiger partial charge in [-0.1, -0.05) is 0 Å². The first-order valence-electron chi connectivity index (χ1n) is 5.57. The standard InChI is InChI=1S/C12H14N4/c1-9-11(10-4-2-5-13-8-10)15-12-14-6-3-7-16(9)12/h2,4-5,8H,3,6-7H2,1H3,(H,14,15). The summed E-state index contributed by atoms with van der Waals surface area (Å²) < 4.78 is 2.24. The number of aromatic nitrogens is 3. The molecule has 2 aromatic rings. The molecule has 0 fully saturated rings. The average Bonchev–Trinajstić information content (AvgIpc) is 2.69. The number of anilines is 1. The van der Waals surface area contributed by atoms with Crippen LogP contribution in [0.4, 0.5) is 5.95 Å². The second-order valence-electron chi connectivity index (χ2n) is 4.04. The van der Waals surface area contributed by atoms with Crippen LogP contribution in [0.15, 0.2) is 24.5 Å². The molecule has 0 atom stereocenters. The van der Waals surface area contributed by atoms with Crippen LogP contribution in [0, 0.1) is 6.92 Å². The zero-order valence-electron chi connectivity index (χ0n) is 9.27. The molecular weight excluding hydrogens is 200 g/mol. The topological polar surface area (TPSA) is 42.7 Å². The normalized spacial score (nSPS) is 14.3. The average molecular weight is 214 g/mol. The van der Waals surface area contributed by atoms with E-state index >= 15 is 0 Å². The van der Waals surface area contributed by atoms with E-state index in [1.807, 2.05) is 18.3 Å². The van der Waals surface area contributed by atoms with Gasteiger partial charge in [-0.3, -0.25) is 4.98 Å². The van der Waals surface area contributed by atoms with Crippen molar-refractivity contribution < 1.29 is 0 Å². The monoisotopic (exact) mass is 214 g/mol. The quantitative estimate of drug-likeness (QED) is 0.790. The van der Waals surface area contributed by atoms with Crippen LogP contribution in [-0.4, -0.2) is 21.1 Å². The van der Waals surface area contributed by atoms with Gasteiger partial charge in [-0.05, 0) is 25.5 Å². The number of hydrogen-bond acceptors (Lipinski definition) is 3. The Kier molecular flexibility index (Phi) is 2.13. The Labute approximate surface area is 94.4 Å². The lowest BCUT2D eigenvalue weighted by molar-refractivity contribution is 0.615. The molecule has 2 aromatic heterocycles. The first-order valence-corrected chi connectivity index (χ1v) is 5.57. The van der Waals surface area contributed by atoms with Crippen molar-refractivity contribution in [3.05, 3.63) is 30.2 Å². The second-order valence-corrected chi connectivity index (χ2v) is 4.04. The van der Waals surface area contributed by atoms with Gasteiger partial charge in [0.2, 0.25) is 5.95 Å². The fourth-order valence-electron chi connectivity index (χ4n) is 2.16. The van der Waals surface area contributed by atoms with Crippen LogP contribution in [0.1, 0.15) is 12.1 Å². The molecule has 0 spiro atoms. The van der Waals surface area contributed by atoms with Crippen molar-refractivity contribution in [2.24, 2.45) is 0 Å². The summed E-state index contributed by atoms with van der Waals surface area (Å²) >= 11 is 0. The molecule has 0 bridgehead atoms. The first kappa shape index (κ1) is 9.39. The molecular formula is C12H14N4. The summed E-state index contributed by atoms with van der Waals surface area (Å²) in [6.45, 7) is 4.19. The maximum Gasteiger partial charge on any atom is 0.203 e. The van der Waals surface area contributed by atoms with Crippen molar-refractivity contribution >= 4 is 5.95 Å². The number of pyridine rings is 1. The van der Waals surface area contributed by atoms with Gasteiger partial charge in [0.25, 0.3) is 0 Å². The third-order valence-corrected chi connectivity index (χ3v) is 3.00. The maximum atomic E-state index is 4.63. The largest absolute Gasteiger partial charge is 0.356 e. The Bertz CT molecular complexity index is 501. The van der Waals surface area contributed by atoms with E-state index < -0.39 is 0 Å². The summed E-state index contributed by atoms with van der Waals surface area (Å²) in [5.74, 6) is 0.989. The molecule has 0 aromatic carbocycles. The van der Waals surface area contributed by atoms with Gasteiger partial charge in [0.15, 0.2) is 0 Å². The Morgan fingerprint density at radius 1 is 1.44 bits per heavy atom. The SMILES string of the molecule is Cc1c(-c2cccnc2)nc2n1CCCN2. The zero-order chi connectivity index (χ0) is 11.0. The molecule has 0 aliphatic carbocycles. The van der Waals surface area contributed by atoms with Gasteiger partial charge in [-0.25, -0.2) is 4.98 Å². The molecule has 0 amide bonds. The molecule has 3 rings (SSSR count). The molecule has 1 N–H and O–H groups in total. The molecule has 4 nitrogen and oxygen atoms in total. The number of imidazole rings is 1. The van der Waals surface area contributed by atoms with E-state index in [-0.39, 0.29) is 0 Å². The number of nitrogens with one attached hydrogen (secondary N) is 1. The summed E-state index contributed by atoms with van der Waals surface area (Å²) in [6.07, 6.45) is 4.81. The smallest absolute Gasteiger partial charge is 0.203 e. The Morgan fingerprint density at radius 2 is 2.38 bits per heavy atom. The molecule has 0 radical (unpaired) electrons. The van der Waals surface area contributed by atoms with Gasteiger partial charge in [-0.15, -0.1) is 0 Å². The predicted molar refractivity (Wildman–Crippen MR) is 63.3 cm³/mol. The third-order valence-electron chi connectivity index (χ3n) is 3.00. The van der Waals surface area contributed by atoms with Crippen molar-refractivity contribution in [3.8, 4) is 11.3 Å². The van der Waals surface area contributed by atoms with Crippen LogP contribution < -0.4 is 5.32 Å². The highest BCUT2D eigenvalue weighted by Crippen LogP contribution is 2.26. The minimum Gasteiger partial charge on any atom is -0.356 e. The fraction of sp³-hybridized carbons (Fsp3) is 0.333. The fourth-order valence-corrected chi connectivity index (χ4v) is 2.16. The number of fused-ring (bicyclic) bond motifs is 1. The van der Waals surface area contributed by atoms with Crippen LogP contribution in [0.5, 0.6) is 0 Å². The highest BCUT2D eigenvalue weighted by molar-refractivity contribution is 5.63. The lowest BCUT2D eigenvalue weighted by atomic mass is 10.2. The van der Waals surface area contributed by atoms with Crippen molar-refractivity contribution in [2.45, 2.75) is 19.9 Å². The molecule has 3 heterocycles. The summed E-state index contributed by atoms with van der Waals surface area (Å²) in [5.41, 5.74) is 3.34. The minimum atomic E-state index is 0.989. The van der Waals surface area contributed by atoms with E-state index in [1.54, 1.807) is 6.20 Å². The molecule has 4 heteroatoms. The van der Waals surface area contributed by atoms with Gasteiger partial charge in [0, 0.05) is 36.7 Å². The summed E-state index contributed by atoms with van der Waals surface area (Å²) in [4.78, 5) is 8.77. The van der Waals surface area contributed by atoms with Gasteiger partial charge in [0.05, 0.1) is 5.69 Å². The van der Waals surface area contributed by atoms with Crippen molar-refractivity contribution in [2.75, 3.05) is 11.9 Å². The minimum absolute atomic E-state index is 0.989. The molecule has 0 unspecified atom stereocenters. The van der Waals surface area contributed by atoms with E-state index in [1.165, 1.54) is 5.69 Å². The van der Waals surface area contributed by atoms with Crippen molar-refractivity contribution in [1.29, 1.82) is 0 Å². The molecule has 1 aliphatic rings. The van der Waals surface area contributed by atoms with Crippen LogP contribution in [0.3, 0.4) is 0 Å². The molecule has 1 aliphatic heterocycles. The molecule has 0 saturated carbocycles. The molecule has 82 valence electrons. The lowest BCUT2D eigenvalue weighted by Gasteiger charge is -2.16. The highest BCUT2D eigenvalue weighted by atomic mass is 15.2. The van der Waals surface area contributed by atoms with Gasteiger partial charge in [-0.2, -0.15) is 0 Å². The highest BCUT2D eigenvalue weighted by Gasteiger charge is 2.17. The van der Waals surface area contributed by atoms with Gasteiger partial charge >= 0.3 is 0 Å². The Balaban J connectivity index is 2.12. The second kappa shape index (κ2) is 3.63. The molecule has 0 saturated heterocycles. The summed E-state index contributed by atoms with van der Waals surface area (Å²) in [5, 5.41) is 3.33.